The predicted octanol–water partition coefficient (Wildman–Crippen LogP) is 3.02. The van der Waals surface area contributed by atoms with Gasteiger partial charge in [0.1, 0.15) is 11.5 Å². The van der Waals surface area contributed by atoms with E-state index < -0.39 is 15.9 Å². The molecular formula is C12H21O5PSi. The Kier molecular flexibility index (Phi) is 5.21. The number of benzene rings is 1. The lowest BCUT2D eigenvalue weighted by atomic mass is 10.3. The van der Waals surface area contributed by atoms with Crippen LogP contribution in [-0.2, 0) is 13.6 Å². The SMILES string of the molecule is COc1ccc(OP(=O)(OC)OC)c([Si](C)(C)C)c1. The highest BCUT2D eigenvalue weighted by atomic mass is 31.2. The lowest BCUT2D eigenvalue weighted by molar-refractivity contribution is 0.211. The van der Waals surface area contributed by atoms with Crippen molar-refractivity contribution in [2.75, 3.05) is 21.3 Å². The van der Waals surface area contributed by atoms with Crippen LogP contribution < -0.4 is 14.4 Å². The third-order valence-corrected chi connectivity index (χ3v) is 5.97. The molecule has 1 aromatic carbocycles. The van der Waals surface area contributed by atoms with Gasteiger partial charge in [-0.1, -0.05) is 19.6 Å². The van der Waals surface area contributed by atoms with Gasteiger partial charge in [-0.2, -0.15) is 0 Å². The molecule has 0 aliphatic rings. The Hall–Kier alpha value is -0.813. The normalized spacial score (nSPS) is 12.3. The maximum absolute atomic E-state index is 12.1. The van der Waals surface area contributed by atoms with Gasteiger partial charge >= 0.3 is 7.82 Å². The number of phosphoric ester groups is 1. The summed E-state index contributed by atoms with van der Waals surface area (Å²) in [4.78, 5) is 0. The Balaban J connectivity index is 3.24. The molecule has 0 bridgehead atoms. The summed E-state index contributed by atoms with van der Waals surface area (Å²) in [5.74, 6) is 1.27. The zero-order chi connectivity index (χ0) is 14.7. The first-order valence-corrected chi connectivity index (χ1v) is 10.8. The molecule has 0 fully saturated rings. The maximum Gasteiger partial charge on any atom is 0.529 e. The minimum Gasteiger partial charge on any atom is -0.497 e. The highest BCUT2D eigenvalue weighted by Gasteiger charge is 2.29. The summed E-state index contributed by atoms with van der Waals surface area (Å²) in [6.45, 7) is 6.50. The van der Waals surface area contributed by atoms with Crippen LogP contribution in [0.1, 0.15) is 0 Å². The first kappa shape index (κ1) is 16.2. The molecule has 0 heterocycles. The van der Waals surface area contributed by atoms with Gasteiger partial charge in [0.05, 0.1) is 15.2 Å². The summed E-state index contributed by atoms with van der Waals surface area (Å²) in [5, 5.41) is 1.00. The molecule has 0 saturated heterocycles. The van der Waals surface area contributed by atoms with Crippen LogP contribution >= 0.6 is 7.82 Å². The third-order valence-electron chi connectivity index (χ3n) is 2.65. The molecule has 0 N–H and O–H groups in total. The second kappa shape index (κ2) is 6.09. The van der Waals surface area contributed by atoms with E-state index in [0.717, 1.165) is 10.9 Å². The number of hydrogen-bond acceptors (Lipinski definition) is 5. The second-order valence-corrected chi connectivity index (χ2v) is 11.9. The van der Waals surface area contributed by atoms with Crippen molar-refractivity contribution >= 4 is 21.1 Å². The summed E-state index contributed by atoms with van der Waals surface area (Å²) in [6, 6.07) is 5.41. The van der Waals surface area contributed by atoms with Crippen LogP contribution in [0, 0.1) is 0 Å². The van der Waals surface area contributed by atoms with Gasteiger partial charge in [-0.15, -0.1) is 0 Å². The van der Waals surface area contributed by atoms with E-state index in [2.05, 4.69) is 19.6 Å². The van der Waals surface area contributed by atoms with Crippen molar-refractivity contribution in [3.05, 3.63) is 18.2 Å². The summed E-state index contributed by atoms with van der Waals surface area (Å²) < 4.78 is 32.4. The lowest BCUT2D eigenvalue weighted by Crippen LogP contribution is -2.38. The number of hydrogen-bond donors (Lipinski definition) is 0. The van der Waals surface area contributed by atoms with E-state index in [4.69, 9.17) is 18.3 Å². The van der Waals surface area contributed by atoms with Crippen LogP contribution in [0.3, 0.4) is 0 Å². The molecule has 108 valence electrons. The smallest absolute Gasteiger partial charge is 0.497 e. The zero-order valence-electron chi connectivity index (χ0n) is 12.2. The van der Waals surface area contributed by atoms with Crippen LogP contribution in [0.25, 0.3) is 0 Å². The molecule has 5 nitrogen and oxygen atoms in total. The summed E-state index contributed by atoms with van der Waals surface area (Å²) in [7, 11) is -1.03. The van der Waals surface area contributed by atoms with E-state index in [0.29, 0.717) is 5.75 Å². The molecule has 0 radical (unpaired) electrons. The molecule has 0 unspecified atom stereocenters. The fraction of sp³-hybridized carbons (Fsp3) is 0.500. The zero-order valence-corrected chi connectivity index (χ0v) is 14.1. The van der Waals surface area contributed by atoms with Crippen molar-refractivity contribution < 1.29 is 22.9 Å². The van der Waals surface area contributed by atoms with Crippen LogP contribution in [0.15, 0.2) is 18.2 Å². The summed E-state index contributed by atoms with van der Waals surface area (Å²) in [6.07, 6.45) is 0. The Morgan fingerprint density at radius 3 is 2.05 bits per heavy atom. The van der Waals surface area contributed by atoms with E-state index in [9.17, 15) is 4.57 Å². The number of rotatable bonds is 6. The van der Waals surface area contributed by atoms with E-state index in [1.165, 1.54) is 14.2 Å². The number of ether oxygens (including phenoxy) is 1. The van der Waals surface area contributed by atoms with Gasteiger partial charge in [0, 0.05) is 14.2 Å². The Morgan fingerprint density at radius 1 is 1.05 bits per heavy atom. The Bertz CT molecular complexity index is 475. The molecule has 19 heavy (non-hydrogen) atoms. The molecule has 0 aliphatic heterocycles. The molecule has 0 saturated carbocycles. The molecular weight excluding hydrogens is 283 g/mol. The van der Waals surface area contributed by atoms with Crippen LogP contribution in [0.4, 0.5) is 0 Å². The highest BCUT2D eigenvalue weighted by Crippen LogP contribution is 2.47. The molecule has 7 heteroatoms. The van der Waals surface area contributed by atoms with E-state index in [1.807, 2.05) is 6.07 Å². The molecule has 0 spiro atoms. The van der Waals surface area contributed by atoms with Crippen molar-refractivity contribution in [2.24, 2.45) is 0 Å². The first-order chi connectivity index (χ1) is 8.75. The van der Waals surface area contributed by atoms with Crippen molar-refractivity contribution in [1.29, 1.82) is 0 Å². The molecule has 1 rings (SSSR count). The number of phosphoric acid groups is 1. The van der Waals surface area contributed by atoms with Gasteiger partial charge in [-0.3, -0.25) is 9.05 Å². The molecule has 0 atom stereocenters. The van der Waals surface area contributed by atoms with Gasteiger partial charge < -0.3 is 9.26 Å². The van der Waals surface area contributed by atoms with E-state index in [1.54, 1.807) is 19.2 Å². The standard InChI is InChI=1S/C12H21O5PSi/c1-14-10-7-8-11(12(9-10)19(4,5)6)17-18(13,15-2)16-3/h7-9H,1-6H3. The van der Waals surface area contributed by atoms with Gasteiger partial charge in [-0.25, -0.2) is 4.57 Å². The van der Waals surface area contributed by atoms with Gasteiger partial charge in [0.2, 0.25) is 0 Å². The van der Waals surface area contributed by atoms with Gasteiger partial charge in [0.15, 0.2) is 0 Å². The largest absolute Gasteiger partial charge is 0.529 e. The third kappa shape index (κ3) is 4.08. The van der Waals surface area contributed by atoms with Crippen molar-refractivity contribution in [1.82, 2.24) is 0 Å². The molecule has 0 aromatic heterocycles. The average molecular weight is 304 g/mol. The van der Waals surface area contributed by atoms with Gasteiger partial charge in [-0.05, 0) is 23.4 Å². The maximum atomic E-state index is 12.1. The lowest BCUT2D eigenvalue weighted by Gasteiger charge is -2.23. The fourth-order valence-corrected chi connectivity index (χ4v) is 3.80. The molecule has 0 aliphatic carbocycles. The van der Waals surface area contributed by atoms with Crippen molar-refractivity contribution in [3.63, 3.8) is 0 Å². The van der Waals surface area contributed by atoms with Crippen LogP contribution in [0.2, 0.25) is 19.6 Å². The predicted molar refractivity (Wildman–Crippen MR) is 78.2 cm³/mol. The van der Waals surface area contributed by atoms with Crippen LogP contribution in [0.5, 0.6) is 11.5 Å². The minimum absolute atomic E-state index is 0.520. The minimum atomic E-state index is -3.54. The van der Waals surface area contributed by atoms with E-state index >= 15 is 0 Å². The van der Waals surface area contributed by atoms with Crippen molar-refractivity contribution in [3.8, 4) is 11.5 Å². The number of methoxy groups -OCH3 is 1. The van der Waals surface area contributed by atoms with Crippen LogP contribution in [-0.4, -0.2) is 29.4 Å². The first-order valence-electron chi connectivity index (χ1n) is 5.85. The Morgan fingerprint density at radius 2 is 1.63 bits per heavy atom. The highest BCUT2D eigenvalue weighted by molar-refractivity contribution is 7.48. The summed E-state index contributed by atoms with van der Waals surface area (Å²) >= 11 is 0. The monoisotopic (exact) mass is 304 g/mol. The van der Waals surface area contributed by atoms with Crippen molar-refractivity contribution in [2.45, 2.75) is 19.6 Å². The quantitative estimate of drug-likeness (QED) is 0.597. The second-order valence-electron chi connectivity index (χ2n) is 5.02. The molecule has 0 amide bonds. The topological polar surface area (TPSA) is 54.0 Å². The Labute approximate surface area is 115 Å². The van der Waals surface area contributed by atoms with E-state index in [-0.39, 0.29) is 0 Å². The summed E-state index contributed by atoms with van der Waals surface area (Å²) in [5.41, 5.74) is 0. The fourth-order valence-electron chi connectivity index (χ4n) is 1.57. The molecule has 1 aromatic rings. The average Bonchev–Trinajstić information content (AvgIpc) is 2.37. The van der Waals surface area contributed by atoms with Gasteiger partial charge in [0.25, 0.3) is 0 Å².